The Labute approximate surface area is 95.5 Å². The first-order chi connectivity index (χ1) is 7.81. The van der Waals surface area contributed by atoms with Crippen LogP contribution in [0.25, 0.3) is 0 Å². The molecule has 1 radical (unpaired) electrons. The molecule has 0 bridgehead atoms. The van der Waals surface area contributed by atoms with Gasteiger partial charge in [0.1, 0.15) is 5.69 Å². The Hall–Kier alpha value is -1.23. The summed E-state index contributed by atoms with van der Waals surface area (Å²) in [6.45, 7) is 5.84. The van der Waals surface area contributed by atoms with Gasteiger partial charge in [-0.25, -0.2) is 0 Å². The topological polar surface area (TPSA) is 62.3 Å². The maximum absolute atomic E-state index is 5.83. The highest BCUT2D eigenvalue weighted by molar-refractivity contribution is 5.45. The average molecular weight is 224 g/mol. The highest BCUT2D eigenvalue weighted by atomic mass is 16.5. The molecule has 0 aliphatic carbocycles. The number of nitrogen functional groups attached to an aromatic ring is 1. The van der Waals surface area contributed by atoms with Crippen molar-refractivity contribution >= 4 is 5.69 Å². The molecule has 0 spiro atoms. The molecule has 5 heteroatoms. The van der Waals surface area contributed by atoms with E-state index in [2.05, 4.69) is 12.0 Å². The van der Waals surface area contributed by atoms with E-state index in [0.29, 0.717) is 30.6 Å². The molecular formula is C11H18N3O2. The quantitative estimate of drug-likeness (QED) is 0.840. The van der Waals surface area contributed by atoms with Crippen molar-refractivity contribution in [2.24, 2.45) is 0 Å². The molecule has 1 aromatic rings. The maximum atomic E-state index is 5.83. The summed E-state index contributed by atoms with van der Waals surface area (Å²) in [7, 11) is 0. The van der Waals surface area contributed by atoms with E-state index in [1.165, 1.54) is 0 Å². The fourth-order valence-electron chi connectivity index (χ4n) is 1.81. The monoisotopic (exact) mass is 224 g/mol. The first kappa shape index (κ1) is 11.3. The number of ether oxygens (including phenoxy) is 2. The van der Waals surface area contributed by atoms with Gasteiger partial charge >= 0.3 is 0 Å². The molecule has 1 fully saturated rings. The molecule has 16 heavy (non-hydrogen) atoms. The Bertz CT molecular complexity index is 332. The number of aromatic nitrogens is 2. The van der Waals surface area contributed by atoms with E-state index in [-0.39, 0.29) is 0 Å². The summed E-state index contributed by atoms with van der Waals surface area (Å²) in [5, 5.41) is 4.36. The molecule has 0 saturated carbocycles. The molecule has 5 nitrogen and oxygen atoms in total. The van der Waals surface area contributed by atoms with E-state index in [1.54, 1.807) is 0 Å². The Morgan fingerprint density at radius 2 is 2.31 bits per heavy atom. The van der Waals surface area contributed by atoms with Crippen LogP contribution >= 0.6 is 0 Å². The van der Waals surface area contributed by atoms with Crippen molar-refractivity contribution < 1.29 is 9.47 Å². The number of hydrogen-bond acceptors (Lipinski definition) is 4. The molecule has 1 saturated heterocycles. The zero-order valence-corrected chi connectivity index (χ0v) is 9.39. The van der Waals surface area contributed by atoms with Crippen LogP contribution in [0.5, 0.6) is 5.88 Å². The lowest BCUT2D eigenvalue weighted by atomic mass is 10.1. The molecule has 0 aromatic carbocycles. The van der Waals surface area contributed by atoms with E-state index in [1.807, 2.05) is 10.9 Å². The molecule has 2 rings (SSSR count). The summed E-state index contributed by atoms with van der Waals surface area (Å²) in [6, 6.07) is 0.383. The van der Waals surface area contributed by atoms with Crippen molar-refractivity contribution in [1.82, 2.24) is 9.78 Å². The minimum absolute atomic E-state index is 0.383. The highest BCUT2D eigenvalue weighted by Gasteiger charge is 2.18. The van der Waals surface area contributed by atoms with Crippen molar-refractivity contribution in [1.29, 1.82) is 0 Å². The first-order valence-corrected chi connectivity index (χ1v) is 5.65. The van der Waals surface area contributed by atoms with Crippen LogP contribution in [0.15, 0.2) is 6.20 Å². The van der Waals surface area contributed by atoms with Crippen LogP contribution in [0.3, 0.4) is 0 Å². The van der Waals surface area contributed by atoms with Gasteiger partial charge in [0, 0.05) is 13.2 Å². The van der Waals surface area contributed by atoms with Gasteiger partial charge in [-0.2, -0.15) is 0 Å². The zero-order valence-electron chi connectivity index (χ0n) is 9.39. The van der Waals surface area contributed by atoms with Crippen LogP contribution in [0.1, 0.15) is 25.3 Å². The van der Waals surface area contributed by atoms with Gasteiger partial charge in [-0.15, -0.1) is 5.10 Å². The molecule has 0 atom stereocenters. The van der Waals surface area contributed by atoms with Gasteiger partial charge in [-0.3, -0.25) is 4.68 Å². The highest BCUT2D eigenvalue weighted by Crippen LogP contribution is 2.25. The third-order valence-corrected chi connectivity index (χ3v) is 2.67. The minimum atomic E-state index is 0.383. The number of rotatable bonds is 4. The number of anilines is 1. The second-order valence-electron chi connectivity index (χ2n) is 3.92. The second-order valence-corrected chi connectivity index (χ2v) is 3.92. The van der Waals surface area contributed by atoms with Crippen LogP contribution in [0, 0.1) is 6.92 Å². The minimum Gasteiger partial charge on any atom is -0.475 e. The lowest BCUT2D eigenvalue weighted by Crippen LogP contribution is -2.20. The standard InChI is InChI=1S/C11H18N3O2/c1-2-5-16-11-10(12)8-14(13-11)9-3-6-15-7-4-9/h8-9H,1-7,12H2. The van der Waals surface area contributed by atoms with E-state index in [9.17, 15) is 0 Å². The SMILES string of the molecule is [CH2]CCOc1nn(C2CCOCC2)cc1N. The summed E-state index contributed by atoms with van der Waals surface area (Å²) in [6.07, 6.45) is 4.52. The van der Waals surface area contributed by atoms with Crippen molar-refractivity contribution in [3.63, 3.8) is 0 Å². The van der Waals surface area contributed by atoms with Crippen LogP contribution in [0.4, 0.5) is 5.69 Å². The van der Waals surface area contributed by atoms with Crippen LogP contribution in [0.2, 0.25) is 0 Å². The summed E-state index contributed by atoms with van der Waals surface area (Å²) in [4.78, 5) is 0. The number of nitrogens with two attached hydrogens (primary N) is 1. The molecule has 1 aromatic heterocycles. The van der Waals surface area contributed by atoms with Crippen molar-refractivity contribution in [3.05, 3.63) is 13.1 Å². The Balaban J connectivity index is 2.03. The fourth-order valence-corrected chi connectivity index (χ4v) is 1.81. The van der Waals surface area contributed by atoms with E-state index in [4.69, 9.17) is 15.2 Å². The molecule has 1 aliphatic rings. The van der Waals surface area contributed by atoms with E-state index < -0.39 is 0 Å². The average Bonchev–Trinajstić information content (AvgIpc) is 2.69. The molecule has 2 heterocycles. The summed E-state index contributed by atoms with van der Waals surface area (Å²) < 4.78 is 12.6. The molecule has 1 aliphatic heterocycles. The largest absolute Gasteiger partial charge is 0.475 e. The van der Waals surface area contributed by atoms with Crippen LogP contribution < -0.4 is 10.5 Å². The Morgan fingerprint density at radius 1 is 1.56 bits per heavy atom. The summed E-state index contributed by atoms with van der Waals surface area (Å²) in [5.74, 6) is 0.523. The Kier molecular flexibility index (Phi) is 3.66. The van der Waals surface area contributed by atoms with Crippen molar-refractivity contribution in [2.75, 3.05) is 25.6 Å². The summed E-state index contributed by atoms with van der Waals surface area (Å²) >= 11 is 0. The van der Waals surface area contributed by atoms with Crippen molar-refractivity contribution in [2.45, 2.75) is 25.3 Å². The predicted molar refractivity (Wildman–Crippen MR) is 61.2 cm³/mol. The van der Waals surface area contributed by atoms with Gasteiger partial charge in [0.05, 0.1) is 18.8 Å². The third-order valence-electron chi connectivity index (χ3n) is 2.67. The molecule has 0 unspecified atom stereocenters. The molecule has 2 N–H and O–H groups in total. The predicted octanol–water partition coefficient (Wildman–Crippen LogP) is 1.42. The normalized spacial score (nSPS) is 17.6. The molecular weight excluding hydrogens is 206 g/mol. The number of nitrogens with zero attached hydrogens (tertiary/aromatic N) is 2. The smallest absolute Gasteiger partial charge is 0.256 e. The number of hydrogen-bond donors (Lipinski definition) is 1. The van der Waals surface area contributed by atoms with Gasteiger partial charge in [0.15, 0.2) is 0 Å². The Morgan fingerprint density at radius 3 is 3.00 bits per heavy atom. The summed E-state index contributed by atoms with van der Waals surface area (Å²) in [5.41, 5.74) is 6.43. The van der Waals surface area contributed by atoms with E-state index in [0.717, 1.165) is 26.1 Å². The van der Waals surface area contributed by atoms with Gasteiger partial charge < -0.3 is 15.2 Å². The van der Waals surface area contributed by atoms with Crippen LogP contribution in [-0.4, -0.2) is 29.6 Å². The van der Waals surface area contributed by atoms with Gasteiger partial charge in [0.25, 0.3) is 5.88 Å². The van der Waals surface area contributed by atoms with Crippen molar-refractivity contribution in [3.8, 4) is 5.88 Å². The first-order valence-electron chi connectivity index (χ1n) is 5.65. The van der Waals surface area contributed by atoms with E-state index >= 15 is 0 Å². The molecule has 0 amide bonds. The van der Waals surface area contributed by atoms with Gasteiger partial charge in [0.2, 0.25) is 0 Å². The maximum Gasteiger partial charge on any atom is 0.256 e. The third kappa shape index (κ3) is 2.47. The fraction of sp³-hybridized carbons (Fsp3) is 0.636. The van der Waals surface area contributed by atoms with Gasteiger partial charge in [-0.1, -0.05) is 0 Å². The van der Waals surface area contributed by atoms with Gasteiger partial charge in [-0.05, 0) is 26.2 Å². The zero-order chi connectivity index (χ0) is 11.4. The second kappa shape index (κ2) is 5.21. The molecule has 89 valence electrons. The lowest BCUT2D eigenvalue weighted by Gasteiger charge is -2.21. The van der Waals surface area contributed by atoms with Crippen LogP contribution in [-0.2, 0) is 4.74 Å². The lowest BCUT2D eigenvalue weighted by molar-refractivity contribution is 0.0658.